The Morgan fingerprint density at radius 1 is 1.29 bits per heavy atom. The molecule has 0 bridgehead atoms. The Hall–Kier alpha value is -1.71. The molecule has 1 rings (SSSR count). The van der Waals surface area contributed by atoms with Gasteiger partial charge in [-0.2, -0.15) is 0 Å². The van der Waals surface area contributed by atoms with Gasteiger partial charge in [0.05, 0.1) is 13.7 Å². The van der Waals surface area contributed by atoms with Gasteiger partial charge in [-0.25, -0.2) is 0 Å². The first kappa shape index (κ1) is 13.4. The van der Waals surface area contributed by atoms with E-state index < -0.39 is 0 Å². The SMILES string of the molecule is COc1cc(C)cc(OCCCNC(C)=O)c1. The highest BCUT2D eigenvalue weighted by atomic mass is 16.5. The zero-order valence-corrected chi connectivity index (χ0v) is 10.6. The summed E-state index contributed by atoms with van der Waals surface area (Å²) in [5.41, 5.74) is 1.10. The highest BCUT2D eigenvalue weighted by molar-refractivity contribution is 5.72. The quantitative estimate of drug-likeness (QED) is 0.769. The number of hydrogen-bond donors (Lipinski definition) is 1. The molecule has 4 heteroatoms. The summed E-state index contributed by atoms with van der Waals surface area (Å²) in [6.07, 6.45) is 0.788. The molecule has 4 nitrogen and oxygen atoms in total. The summed E-state index contributed by atoms with van der Waals surface area (Å²) < 4.78 is 10.7. The average molecular weight is 237 g/mol. The van der Waals surface area contributed by atoms with Crippen molar-refractivity contribution in [3.8, 4) is 11.5 Å². The maximum Gasteiger partial charge on any atom is 0.216 e. The van der Waals surface area contributed by atoms with E-state index in [1.54, 1.807) is 7.11 Å². The summed E-state index contributed by atoms with van der Waals surface area (Å²) in [7, 11) is 1.63. The van der Waals surface area contributed by atoms with Crippen LogP contribution in [0.5, 0.6) is 11.5 Å². The van der Waals surface area contributed by atoms with Crippen molar-refractivity contribution in [2.45, 2.75) is 20.3 Å². The molecule has 0 aliphatic heterocycles. The van der Waals surface area contributed by atoms with Crippen LogP contribution < -0.4 is 14.8 Å². The van der Waals surface area contributed by atoms with E-state index in [2.05, 4.69) is 5.32 Å². The molecule has 1 aromatic rings. The first-order valence-electron chi connectivity index (χ1n) is 5.64. The van der Waals surface area contributed by atoms with Crippen LogP contribution in [0.15, 0.2) is 18.2 Å². The number of rotatable bonds is 6. The first-order valence-corrected chi connectivity index (χ1v) is 5.64. The van der Waals surface area contributed by atoms with Crippen LogP contribution in [0.2, 0.25) is 0 Å². The molecule has 1 N–H and O–H groups in total. The molecule has 0 heterocycles. The largest absolute Gasteiger partial charge is 0.497 e. The van der Waals surface area contributed by atoms with Gasteiger partial charge in [0.1, 0.15) is 11.5 Å². The maximum atomic E-state index is 10.6. The minimum Gasteiger partial charge on any atom is -0.497 e. The van der Waals surface area contributed by atoms with Crippen molar-refractivity contribution in [2.75, 3.05) is 20.3 Å². The lowest BCUT2D eigenvalue weighted by molar-refractivity contribution is -0.118. The Morgan fingerprint density at radius 2 is 2.00 bits per heavy atom. The van der Waals surface area contributed by atoms with Crippen molar-refractivity contribution >= 4 is 5.91 Å². The van der Waals surface area contributed by atoms with E-state index in [1.165, 1.54) is 6.92 Å². The molecule has 0 aliphatic rings. The predicted molar refractivity (Wildman–Crippen MR) is 66.5 cm³/mol. The Labute approximate surface area is 102 Å². The van der Waals surface area contributed by atoms with Crippen molar-refractivity contribution < 1.29 is 14.3 Å². The minimum atomic E-state index is -0.0118. The van der Waals surface area contributed by atoms with Gasteiger partial charge in [-0.1, -0.05) is 0 Å². The van der Waals surface area contributed by atoms with Crippen LogP contribution in [0.3, 0.4) is 0 Å². The number of benzene rings is 1. The molecular weight excluding hydrogens is 218 g/mol. The van der Waals surface area contributed by atoms with Crippen molar-refractivity contribution in [2.24, 2.45) is 0 Å². The van der Waals surface area contributed by atoms with Crippen LogP contribution >= 0.6 is 0 Å². The lowest BCUT2D eigenvalue weighted by Crippen LogP contribution is -2.22. The van der Waals surface area contributed by atoms with E-state index in [0.29, 0.717) is 13.2 Å². The van der Waals surface area contributed by atoms with Crippen LogP contribution in [-0.4, -0.2) is 26.2 Å². The van der Waals surface area contributed by atoms with Crippen molar-refractivity contribution in [3.05, 3.63) is 23.8 Å². The van der Waals surface area contributed by atoms with Gasteiger partial charge in [-0.3, -0.25) is 4.79 Å². The van der Waals surface area contributed by atoms with Gasteiger partial charge < -0.3 is 14.8 Å². The molecule has 1 amide bonds. The fourth-order valence-electron chi connectivity index (χ4n) is 1.44. The summed E-state index contributed by atoms with van der Waals surface area (Å²) in [6, 6.07) is 5.76. The van der Waals surface area contributed by atoms with Crippen molar-refractivity contribution in [1.29, 1.82) is 0 Å². The number of carbonyl (C=O) groups excluding carboxylic acids is 1. The Bertz CT molecular complexity index is 377. The lowest BCUT2D eigenvalue weighted by atomic mass is 10.2. The van der Waals surface area contributed by atoms with E-state index in [4.69, 9.17) is 9.47 Å². The Kier molecular flexibility index (Phi) is 5.33. The van der Waals surface area contributed by atoms with Gasteiger partial charge in [-0.05, 0) is 31.0 Å². The molecule has 0 atom stereocenters. The lowest BCUT2D eigenvalue weighted by Gasteiger charge is -2.09. The third-order valence-corrected chi connectivity index (χ3v) is 2.22. The molecule has 0 fully saturated rings. The molecule has 0 aromatic heterocycles. The van der Waals surface area contributed by atoms with Gasteiger partial charge in [0.25, 0.3) is 0 Å². The highest BCUT2D eigenvalue weighted by Gasteiger charge is 1.99. The fourth-order valence-corrected chi connectivity index (χ4v) is 1.44. The molecule has 0 saturated heterocycles. The summed E-state index contributed by atoms with van der Waals surface area (Å²) in [4.78, 5) is 10.6. The van der Waals surface area contributed by atoms with Gasteiger partial charge >= 0.3 is 0 Å². The van der Waals surface area contributed by atoms with Gasteiger partial charge in [-0.15, -0.1) is 0 Å². The van der Waals surface area contributed by atoms with Gasteiger partial charge in [0.15, 0.2) is 0 Å². The molecular formula is C13H19NO3. The summed E-state index contributed by atoms with van der Waals surface area (Å²) in [6.45, 7) is 4.71. The molecule has 0 spiro atoms. The molecule has 0 saturated carbocycles. The van der Waals surface area contributed by atoms with E-state index in [-0.39, 0.29) is 5.91 Å². The maximum absolute atomic E-state index is 10.6. The predicted octanol–water partition coefficient (Wildman–Crippen LogP) is 1.91. The van der Waals surface area contributed by atoms with E-state index in [1.807, 2.05) is 25.1 Å². The second kappa shape index (κ2) is 6.78. The zero-order valence-electron chi connectivity index (χ0n) is 10.6. The molecule has 17 heavy (non-hydrogen) atoms. The zero-order chi connectivity index (χ0) is 12.7. The number of ether oxygens (including phenoxy) is 2. The average Bonchev–Trinajstić information content (AvgIpc) is 2.27. The van der Waals surface area contributed by atoms with Crippen molar-refractivity contribution in [1.82, 2.24) is 5.32 Å². The first-order chi connectivity index (χ1) is 8.11. The third-order valence-electron chi connectivity index (χ3n) is 2.22. The Morgan fingerprint density at radius 3 is 2.65 bits per heavy atom. The normalized spacial score (nSPS) is 9.82. The number of amides is 1. The van der Waals surface area contributed by atoms with Crippen LogP contribution in [0.4, 0.5) is 0 Å². The highest BCUT2D eigenvalue weighted by Crippen LogP contribution is 2.22. The second-order valence-electron chi connectivity index (χ2n) is 3.87. The summed E-state index contributed by atoms with van der Waals surface area (Å²) >= 11 is 0. The standard InChI is InChI=1S/C13H19NO3/c1-10-7-12(16-3)9-13(8-10)17-6-4-5-14-11(2)15/h7-9H,4-6H2,1-3H3,(H,14,15). The molecule has 1 aromatic carbocycles. The van der Waals surface area contributed by atoms with Crippen LogP contribution in [0.25, 0.3) is 0 Å². The minimum absolute atomic E-state index is 0.0118. The molecule has 0 unspecified atom stereocenters. The van der Waals surface area contributed by atoms with E-state index >= 15 is 0 Å². The smallest absolute Gasteiger partial charge is 0.216 e. The van der Waals surface area contributed by atoms with E-state index in [0.717, 1.165) is 23.5 Å². The monoisotopic (exact) mass is 237 g/mol. The summed E-state index contributed by atoms with van der Waals surface area (Å²) in [5.74, 6) is 1.58. The van der Waals surface area contributed by atoms with Crippen molar-refractivity contribution in [3.63, 3.8) is 0 Å². The number of methoxy groups -OCH3 is 1. The second-order valence-corrected chi connectivity index (χ2v) is 3.87. The number of aryl methyl sites for hydroxylation is 1. The molecule has 0 aliphatic carbocycles. The summed E-state index contributed by atoms with van der Waals surface area (Å²) in [5, 5.41) is 2.72. The Balaban J connectivity index is 2.36. The topological polar surface area (TPSA) is 47.6 Å². The van der Waals surface area contributed by atoms with E-state index in [9.17, 15) is 4.79 Å². The van der Waals surface area contributed by atoms with Crippen LogP contribution in [0, 0.1) is 6.92 Å². The number of nitrogens with one attached hydrogen (secondary N) is 1. The third kappa shape index (κ3) is 5.24. The van der Waals surface area contributed by atoms with Gasteiger partial charge in [0, 0.05) is 19.5 Å². The van der Waals surface area contributed by atoms with Gasteiger partial charge in [0.2, 0.25) is 5.91 Å². The van der Waals surface area contributed by atoms with Crippen LogP contribution in [0.1, 0.15) is 18.9 Å². The number of carbonyl (C=O) groups is 1. The number of hydrogen-bond acceptors (Lipinski definition) is 3. The van der Waals surface area contributed by atoms with Crippen LogP contribution in [-0.2, 0) is 4.79 Å². The molecule has 0 radical (unpaired) electrons. The fraction of sp³-hybridized carbons (Fsp3) is 0.462. The molecule has 94 valence electrons.